The highest BCUT2D eigenvalue weighted by Gasteiger charge is 2.22. The molecular weight excluding hydrogens is 422 g/mol. The van der Waals surface area contributed by atoms with E-state index in [1.807, 2.05) is 42.1 Å². The number of rotatable bonds is 12. The molecule has 0 aliphatic carbocycles. The largest absolute Gasteiger partial charge is 0.386 e. The van der Waals surface area contributed by atoms with Crippen LogP contribution in [-0.4, -0.2) is 67.0 Å². The molecule has 1 amide bonds. The van der Waals surface area contributed by atoms with E-state index >= 15 is 0 Å². The van der Waals surface area contributed by atoms with Crippen LogP contribution in [0.25, 0.3) is 0 Å². The van der Waals surface area contributed by atoms with Crippen LogP contribution in [0.15, 0.2) is 59.9 Å². The first-order valence-electron chi connectivity index (χ1n) is 10.9. The molecule has 1 aromatic carbocycles. The molecule has 9 heteroatoms. The van der Waals surface area contributed by atoms with Crippen LogP contribution < -0.4 is 27.8 Å². The maximum atomic E-state index is 12.0. The van der Waals surface area contributed by atoms with Crippen LogP contribution in [0.1, 0.15) is 12.0 Å². The van der Waals surface area contributed by atoms with Crippen molar-refractivity contribution in [2.45, 2.75) is 18.9 Å². The summed E-state index contributed by atoms with van der Waals surface area (Å²) in [6.07, 6.45) is 1.74. The molecule has 1 aliphatic heterocycles. The fourth-order valence-electron chi connectivity index (χ4n) is 3.54. The summed E-state index contributed by atoms with van der Waals surface area (Å²) in [5.74, 6) is 2.08. The zero-order valence-electron chi connectivity index (χ0n) is 18.8. The number of amides is 1. The lowest BCUT2D eigenvalue weighted by Gasteiger charge is -2.31. The Morgan fingerprint density at radius 3 is 2.62 bits per heavy atom. The maximum absolute atomic E-state index is 12.0. The number of hydrogen-bond acceptors (Lipinski definition) is 6. The van der Waals surface area contributed by atoms with E-state index in [2.05, 4.69) is 33.7 Å². The number of thioether (sulfide) groups is 1. The standard InChI is InChI=1S/C23H37N7OS/c1-17(21(29-22(31)14-24)13-19-7-4-3-5-8-19)27-15-20(16-28-23(25)26)18(2)30-9-6-11-32-12-10-30/h3-5,7-8,20-21,27H,1-2,6,9-16,24H2,(H,29,31)(H4,25,26,28). The number of carbonyl (C=O) groups is 1. The second-order valence-corrected chi connectivity index (χ2v) is 9.05. The average Bonchev–Trinajstić information content (AvgIpc) is 3.08. The molecule has 1 heterocycles. The molecule has 32 heavy (non-hydrogen) atoms. The summed E-state index contributed by atoms with van der Waals surface area (Å²) in [4.78, 5) is 18.6. The normalized spacial score (nSPS) is 15.7. The summed E-state index contributed by atoms with van der Waals surface area (Å²) in [5.41, 5.74) is 19.5. The zero-order valence-corrected chi connectivity index (χ0v) is 19.6. The summed E-state index contributed by atoms with van der Waals surface area (Å²) in [6.45, 7) is 11.4. The van der Waals surface area contributed by atoms with Gasteiger partial charge in [-0.15, -0.1) is 0 Å². The van der Waals surface area contributed by atoms with Crippen LogP contribution in [0.5, 0.6) is 0 Å². The van der Waals surface area contributed by atoms with Gasteiger partial charge in [0.2, 0.25) is 5.91 Å². The highest BCUT2D eigenvalue weighted by molar-refractivity contribution is 7.99. The van der Waals surface area contributed by atoms with Gasteiger partial charge in [0.15, 0.2) is 5.96 Å². The number of benzene rings is 1. The Hall–Kier alpha value is -2.65. The zero-order chi connectivity index (χ0) is 23.3. The summed E-state index contributed by atoms with van der Waals surface area (Å²) in [5, 5.41) is 6.36. The Morgan fingerprint density at radius 1 is 1.19 bits per heavy atom. The predicted molar refractivity (Wildman–Crippen MR) is 135 cm³/mol. The lowest BCUT2D eigenvalue weighted by molar-refractivity contribution is -0.120. The first kappa shape index (κ1) is 25.6. The molecule has 0 spiro atoms. The second-order valence-electron chi connectivity index (χ2n) is 7.83. The van der Waals surface area contributed by atoms with Gasteiger partial charge in [-0.2, -0.15) is 11.8 Å². The average molecular weight is 460 g/mol. The minimum atomic E-state index is -0.292. The third-order valence-corrected chi connectivity index (χ3v) is 6.44. The molecule has 0 saturated carbocycles. The first-order chi connectivity index (χ1) is 15.4. The van der Waals surface area contributed by atoms with E-state index in [0.29, 0.717) is 25.2 Å². The fourth-order valence-corrected chi connectivity index (χ4v) is 4.42. The molecule has 0 bridgehead atoms. The molecule has 1 aliphatic rings. The minimum absolute atomic E-state index is 0.000430. The summed E-state index contributed by atoms with van der Waals surface area (Å²) >= 11 is 1.97. The molecule has 176 valence electrons. The van der Waals surface area contributed by atoms with Crippen molar-refractivity contribution in [1.29, 1.82) is 0 Å². The number of nitrogens with two attached hydrogens (primary N) is 3. The van der Waals surface area contributed by atoms with Crippen LogP contribution >= 0.6 is 11.8 Å². The summed E-state index contributed by atoms with van der Waals surface area (Å²) in [6, 6.07) is 9.67. The Morgan fingerprint density at radius 2 is 1.94 bits per heavy atom. The molecule has 1 aromatic rings. The van der Waals surface area contributed by atoms with Crippen molar-refractivity contribution in [1.82, 2.24) is 15.5 Å². The SMILES string of the molecule is C=C(NCC(CN=C(N)N)C(=C)N1CCCSCC1)C(Cc1ccccc1)NC(=O)CN. The van der Waals surface area contributed by atoms with E-state index in [4.69, 9.17) is 17.2 Å². The van der Waals surface area contributed by atoms with Crippen molar-refractivity contribution in [2.24, 2.45) is 28.1 Å². The Kier molecular flexibility index (Phi) is 11.0. The molecule has 2 rings (SSSR count). The van der Waals surface area contributed by atoms with Crippen LogP contribution in [-0.2, 0) is 11.2 Å². The molecule has 8 N–H and O–H groups in total. The summed E-state index contributed by atoms with van der Waals surface area (Å²) < 4.78 is 0. The Balaban J connectivity index is 2.07. The van der Waals surface area contributed by atoms with E-state index in [9.17, 15) is 4.79 Å². The number of carbonyl (C=O) groups excluding carboxylic acids is 1. The van der Waals surface area contributed by atoms with E-state index < -0.39 is 0 Å². The van der Waals surface area contributed by atoms with Crippen molar-refractivity contribution in [3.8, 4) is 0 Å². The van der Waals surface area contributed by atoms with Gasteiger partial charge in [0.1, 0.15) is 0 Å². The van der Waals surface area contributed by atoms with Gasteiger partial charge in [0, 0.05) is 42.7 Å². The number of aliphatic imine (C=N–C) groups is 1. The Bertz CT molecular complexity index is 772. The summed E-state index contributed by atoms with van der Waals surface area (Å²) in [7, 11) is 0. The van der Waals surface area contributed by atoms with Crippen molar-refractivity contribution < 1.29 is 4.79 Å². The van der Waals surface area contributed by atoms with Gasteiger partial charge >= 0.3 is 0 Å². The van der Waals surface area contributed by atoms with E-state index in [1.54, 1.807) is 0 Å². The van der Waals surface area contributed by atoms with E-state index in [1.165, 1.54) is 5.75 Å². The van der Waals surface area contributed by atoms with Crippen LogP contribution in [0.3, 0.4) is 0 Å². The predicted octanol–water partition coefficient (Wildman–Crippen LogP) is 0.618. The van der Waals surface area contributed by atoms with E-state index in [-0.39, 0.29) is 30.4 Å². The molecule has 2 unspecified atom stereocenters. The highest BCUT2D eigenvalue weighted by Crippen LogP contribution is 2.20. The van der Waals surface area contributed by atoms with Crippen molar-refractivity contribution in [3.63, 3.8) is 0 Å². The molecule has 0 radical (unpaired) electrons. The Labute approximate surface area is 195 Å². The molecule has 0 aromatic heterocycles. The van der Waals surface area contributed by atoms with Crippen LogP contribution in [0.4, 0.5) is 0 Å². The van der Waals surface area contributed by atoms with Gasteiger partial charge in [0.05, 0.1) is 19.1 Å². The topological polar surface area (TPSA) is 135 Å². The lowest BCUT2D eigenvalue weighted by atomic mass is 10.0. The van der Waals surface area contributed by atoms with Gasteiger partial charge in [-0.1, -0.05) is 43.5 Å². The van der Waals surface area contributed by atoms with Crippen molar-refractivity contribution >= 4 is 23.6 Å². The third-order valence-electron chi connectivity index (χ3n) is 5.39. The smallest absolute Gasteiger partial charge is 0.234 e. The molecule has 2 atom stereocenters. The molecule has 8 nitrogen and oxygen atoms in total. The number of hydrogen-bond donors (Lipinski definition) is 5. The minimum Gasteiger partial charge on any atom is -0.386 e. The number of nitrogens with one attached hydrogen (secondary N) is 2. The van der Waals surface area contributed by atoms with Gasteiger partial charge < -0.3 is 32.7 Å². The van der Waals surface area contributed by atoms with Crippen LogP contribution in [0, 0.1) is 5.92 Å². The van der Waals surface area contributed by atoms with Gasteiger partial charge in [-0.3, -0.25) is 9.79 Å². The molecule has 1 fully saturated rings. The number of guanidine groups is 1. The lowest BCUT2D eigenvalue weighted by Crippen LogP contribution is -2.45. The molecule has 1 saturated heterocycles. The van der Waals surface area contributed by atoms with Crippen molar-refractivity contribution in [2.75, 3.05) is 44.2 Å². The van der Waals surface area contributed by atoms with Crippen LogP contribution in [0.2, 0.25) is 0 Å². The van der Waals surface area contributed by atoms with Crippen molar-refractivity contribution in [3.05, 3.63) is 60.4 Å². The van der Waals surface area contributed by atoms with Gasteiger partial charge in [0.25, 0.3) is 0 Å². The van der Waals surface area contributed by atoms with Gasteiger partial charge in [-0.05, 0) is 24.2 Å². The second kappa shape index (κ2) is 13.7. The highest BCUT2D eigenvalue weighted by atomic mass is 32.2. The molecular formula is C23H37N7OS. The third kappa shape index (κ3) is 8.84. The monoisotopic (exact) mass is 459 g/mol. The quantitative estimate of drug-likeness (QED) is 0.228. The number of nitrogens with zero attached hydrogens (tertiary/aromatic N) is 2. The van der Waals surface area contributed by atoms with Gasteiger partial charge in [-0.25, -0.2) is 0 Å². The first-order valence-corrected chi connectivity index (χ1v) is 12.1. The van der Waals surface area contributed by atoms with E-state index in [0.717, 1.165) is 36.5 Å². The maximum Gasteiger partial charge on any atom is 0.234 e. The fraction of sp³-hybridized carbons (Fsp3) is 0.478.